The quantitative estimate of drug-likeness (QED) is 0.616. The van der Waals surface area contributed by atoms with E-state index < -0.39 is 16.8 Å². The van der Waals surface area contributed by atoms with E-state index >= 15 is 0 Å². The maximum Gasteiger partial charge on any atom is 0.335 e. The Morgan fingerprint density at radius 2 is 1.78 bits per heavy atom. The number of benzene rings is 2. The van der Waals surface area contributed by atoms with Crippen LogP contribution in [-0.4, -0.2) is 35.0 Å². The zero-order valence-corrected chi connectivity index (χ0v) is 14.8. The van der Waals surface area contributed by atoms with E-state index in [1.54, 1.807) is 19.1 Å². The third kappa shape index (κ3) is 3.89. The van der Waals surface area contributed by atoms with Crippen molar-refractivity contribution in [3.05, 3.63) is 63.2 Å². The van der Waals surface area contributed by atoms with Crippen molar-refractivity contribution in [2.24, 2.45) is 0 Å². The fourth-order valence-corrected chi connectivity index (χ4v) is 3.17. The van der Waals surface area contributed by atoms with Gasteiger partial charge in [0.05, 0.1) is 10.5 Å². The number of amides is 1. The first-order valence-corrected chi connectivity index (χ1v) is 8.55. The van der Waals surface area contributed by atoms with Crippen molar-refractivity contribution >= 4 is 28.9 Å². The largest absolute Gasteiger partial charge is 0.478 e. The summed E-state index contributed by atoms with van der Waals surface area (Å²) in [5.41, 5.74) is 1.77. The number of carbonyl (C=O) groups is 2. The van der Waals surface area contributed by atoms with Gasteiger partial charge in [-0.2, -0.15) is 0 Å². The average molecular weight is 369 g/mol. The van der Waals surface area contributed by atoms with Crippen molar-refractivity contribution in [1.82, 2.24) is 0 Å². The van der Waals surface area contributed by atoms with E-state index in [1.165, 1.54) is 24.3 Å². The molecule has 0 radical (unpaired) electrons. The van der Waals surface area contributed by atoms with Crippen LogP contribution in [0.1, 0.15) is 39.1 Å². The topological polar surface area (TPSA) is 113 Å². The molecule has 1 saturated heterocycles. The summed E-state index contributed by atoms with van der Waals surface area (Å²) in [4.78, 5) is 36.5. The molecule has 1 fully saturated rings. The number of aryl methyl sites for hydroxylation is 1. The lowest BCUT2D eigenvalue weighted by Gasteiger charge is -2.18. The third-order valence-electron chi connectivity index (χ3n) is 4.60. The van der Waals surface area contributed by atoms with Crippen LogP contribution in [0.2, 0.25) is 0 Å². The second-order valence-electron chi connectivity index (χ2n) is 6.44. The number of hydrogen-bond donors (Lipinski definition) is 2. The zero-order chi connectivity index (χ0) is 19.6. The van der Waals surface area contributed by atoms with Gasteiger partial charge in [0.15, 0.2) is 0 Å². The van der Waals surface area contributed by atoms with Crippen LogP contribution in [0.3, 0.4) is 0 Å². The lowest BCUT2D eigenvalue weighted by atomic mass is 10.1. The Balaban J connectivity index is 1.85. The molecule has 2 aromatic rings. The minimum Gasteiger partial charge on any atom is -0.478 e. The molecule has 0 atom stereocenters. The van der Waals surface area contributed by atoms with E-state index in [2.05, 4.69) is 5.32 Å². The molecule has 1 aliphatic heterocycles. The van der Waals surface area contributed by atoms with Crippen LogP contribution in [0, 0.1) is 17.0 Å². The smallest absolute Gasteiger partial charge is 0.335 e. The van der Waals surface area contributed by atoms with E-state index in [0.717, 1.165) is 25.9 Å². The Bertz CT molecular complexity index is 920. The van der Waals surface area contributed by atoms with Crippen molar-refractivity contribution < 1.29 is 19.6 Å². The van der Waals surface area contributed by atoms with Gasteiger partial charge in [0, 0.05) is 30.4 Å². The summed E-state index contributed by atoms with van der Waals surface area (Å²) in [7, 11) is 0. The summed E-state index contributed by atoms with van der Waals surface area (Å²) < 4.78 is 0. The van der Waals surface area contributed by atoms with Crippen LogP contribution >= 0.6 is 0 Å². The maximum atomic E-state index is 12.5. The summed E-state index contributed by atoms with van der Waals surface area (Å²) in [6.45, 7) is 3.21. The standard InChI is InChI=1S/C19H19N3O5/c1-12-10-14(19(24)25)4-6-15(12)20-18(23)13-5-7-16(17(11-13)22(26)27)21-8-2-3-9-21/h4-7,10-11H,2-3,8-9H2,1H3,(H,20,23)(H,24,25). The molecule has 0 unspecified atom stereocenters. The minimum absolute atomic E-state index is 0.0949. The highest BCUT2D eigenvalue weighted by atomic mass is 16.6. The van der Waals surface area contributed by atoms with E-state index in [0.29, 0.717) is 16.9 Å². The molecular weight excluding hydrogens is 350 g/mol. The fraction of sp³-hybridized carbons (Fsp3) is 0.263. The summed E-state index contributed by atoms with van der Waals surface area (Å²) >= 11 is 0. The lowest BCUT2D eigenvalue weighted by molar-refractivity contribution is -0.384. The minimum atomic E-state index is -1.05. The summed E-state index contributed by atoms with van der Waals surface area (Å²) in [5.74, 6) is -1.54. The second-order valence-corrected chi connectivity index (χ2v) is 6.44. The van der Waals surface area contributed by atoms with Gasteiger partial charge in [-0.1, -0.05) is 0 Å². The number of carboxylic acid groups (broad SMARTS) is 1. The van der Waals surface area contributed by atoms with Gasteiger partial charge in [-0.15, -0.1) is 0 Å². The number of nitrogens with one attached hydrogen (secondary N) is 1. The Kier molecular flexibility index (Phi) is 5.07. The fourth-order valence-electron chi connectivity index (χ4n) is 3.17. The summed E-state index contributed by atoms with van der Waals surface area (Å²) in [6.07, 6.45) is 1.98. The van der Waals surface area contributed by atoms with E-state index in [9.17, 15) is 19.7 Å². The molecular formula is C19H19N3O5. The molecule has 27 heavy (non-hydrogen) atoms. The maximum absolute atomic E-state index is 12.5. The molecule has 8 heteroatoms. The number of aromatic carboxylic acids is 1. The summed E-state index contributed by atoms with van der Waals surface area (Å²) in [6, 6.07) is 8.81. The molecule has 0 spiro atoms. The van der Waals surface area contributed by atoms with Gasteiger partial charge in [0.1, 0.15) is 5.69 Å². The van der Waals surface area contributed by atoms with Gasteiger partial charge < -0.3 is 15.3 Å². The Morgan fingerprint density at radius 1 is 1.11 bits per heavy atom. The second kappa shape index (κ2) is 7.45. The van der Waals surface area contributed by atoms with Gasteiger partial charge in [-0.05, 0) is 55.7 Å². The number of carboxylic acids is 1. The predicted octanol–water partition coefficient (Wildman–Crippen LogP) is 3.45. The van der Waals surface area contributed by atoms with Gasteiger partial charge >= 0.3 is 5.97 Å². The van der Waals surface area contributed by atoms with Crippen LogP contribution in [0.15, 0.2) is 36.4 Å². The number of anilines is 2. The number of nitro benzene ring substituents is 1. The van der Waals surface area contributed by atoms with Gasteiger partial charge in [-0.25, -0.2) is 4.79 Å². The molecule has 140 valence electrons. The molecule has 0 bridgehead atoms. The summed E-state index contributed by atoms with van der Waals surface area (Å²) in [5, 5.41) is 23.1. The first kappa shape index (κ1) is 18.4. The van der Waals surface area contributed by atoms with Crippen molar-refractivity contribution in [2.45, 2.75) is 19.8 Å². The molecule has 0 saturated carbocycles. The Labute approximate surface area is 155 Å². The normalized spacial score (nSPS) is 13.4. The molecule has 1 aliphatic rings. The highest BCUT2D eigenvalue weighted by Gasteiger charge is 2.24. The number of nitro groups is 1. The van der Waals surface area contributed by atoms with Crippen LogP contribution in [0.5, 0.6) is 0 Å². The third-order valence-corrected chi connectivity index (χ3v) is 4.60. The Hall–Kier alpha value is -3.42. The van der Waals surface area contributed by atoms with E-state index in [4.69, 9.17) is 5.11 Å². The number of hydrogen-bond acceptors (Lipinski definition) is 5. The predicted molar refractivity (Wildman–Crippen MR) is 101 cm³/mol. The van der Waals surface area contributed by atoms with Crippen molar-refractivity contribution in [2.75, 3.05) is 23.3 Å². The lowest BCUT2D eigenvalue weighted by Crippen LogP contribution is -2.20. The molecule has 2 aromatic carbocycles. The van der Waals surface area contributed by atoms with E-state index in [-0.39, 0.29) is 16.8 Å². The monoisotopic (exact) mass is 369 g/mol. The van der Waals surface area contributed by atoms with Gasteiger partial charge in [-0.3, -0.25) is 14.9 Å². The SMILES string of the molecule is Cc1cc(C(=O)O)ccc1NC(=O)c1ccc(N2CCCC2)c([N+](=O)[O-])c1. The zero-order valence-electron chi connectivity index (χ0n) is 14.8. The van der Waals surface area contributed by atoms with Crippen LogP contribution in [-0.2, 0) is 0 Å². The first-order chi connectivity index (χ1) is 12.9. The first-order valence-electron chi connectivity index (χ1n) is 8.55. The molecule has 0 aliphatic carbocycles. The van der Waals surface area contributed by atoms with Crippen LogP contribution < -0.4 is 10.2 Å². The molecule has 1 heterocycles. The molecule has 8 nitrogen and oxygen atoms in total. The number of nitrogens with zero attached hydrogens (tertiary/aromatic N) is 2. The van der Waals surface area contributed by atoms with E-state index in [1.807, 2.05) is 4.90 Å². The highest BCUT2D eigenvalue weighted by molar-refractivity contribution is 6.05. The number of rotatable bonds is 5. The molecule has 1 amide bonds. The van der Waals surface area contributed by atoms with Crippen molar-refractivity contribution in [3.8, 4) is 0 Å². The van der Waals surface area contributed by atoms with Crippen molar-refractivity contribution in [1.29, 1.82) is 0 Å². The average Bonchev–Trinajstić information content (AvgIpc) is 3.17. The molecule has 0 aromatic heterocycles. The van der Waals surface area contributed by atoms with Crippen LogP contribution in [0.4, 0.5) is 17.1 Å². The van der Waals surface area contributed by atoms with Gasteiger partial charge in [0.25, 0.3) is 11.6 Å². The molecule has 2 N–H and O–H groups in total. The molecule has 3 rings (SSSR count). The highest BCUT2D eigenvalue weighted by Crippen LogP contribution is 2.32. The van der Waals surface area contributed by atoms with Crippen molar-refractivity contribution in [3.63, 3.8) is 0 Å². The Morgan fingerprint density at radius 3 is 2.37 bits per heavy atom. The van der Waals surface area contributed by atoms with Gasteiger partial charge in [0.2, 0.25) is 0 Å². The van der Waals surface area contributed by atoms with Crippen LogP contribution in [0.25, 0.3) is 0 Å². The number of carbonyl (C=O) groups excluding carboxylic acids is 1.